The Morgan fingerprint density at radius 1 is 1.18 bits per heavy atom. The number of anilines is 2. The lowest BCUT2D eigenvalue weighted by molar-refractivity contribution is 0.180. The monoisotopic (exact) mass is 550 g/mol. The van der Waals surface area contributed by atoms with E-state index in [1.165, 1.54) is 5.56 Å². The van der Waals surface area contributed by atoms with Gasteiger partial charge in [-0.2, -0.15) is 15.1 Å². The van der Waals surface area contributed by atoms with Crippen molar-refractivity contribution in [2.45, 2.75) is 71.0 Å². The van der Waals surface area contributed by atoms with Crippen molar-refractivity contribution >= 4 is 22.8 Å². The molecule has 5 heterocycles. The Morgan fingerprint density at radius 2 is 2.00 bits per heavy atom. The van der Waals surface area contributed by atoms with Gasteiger partial charge >= 0.3 is 0 Å². The number of aromatic nitrogens is 7. The van der Waals surface area contributed by atoms with E-state index < -0.39 is 0 Å². The molecule has 1 aliphatic rings. The van der Waals surface area contributed by atoms with Crippen LogP contribution in [-0.2, 0) is 13.1 Å². The molecule has 40 heavy (non-hydrogen) atoms. The van der Waals surface area contributed by atoms with Crippen molar-refractivity contribution in [3.05, 3.63) is 41.4 Å². The summed E-state index contributed by atoms with van der Waals surface area (Å²) in [4.78, 5) is 20.3. The molecule has 5 rings (SSSR count). The van der Waals surface area contributed by atoms with Crippen LogP contribution in [0.2, 0.25) is 0 Å². The summed E-state index contributed by atoms with van der Waals surface area (Å²) >= 11 is 0. The summed E-state index contributed by atoms with van der Waals surface area (Å²) < 4.78 is 12.9. The second-order valence-corrected chi connectivity index (χ2v) is 10.3. The summed E-state index contributed by atoms with van der Waals surface area (Å²) in [6.45, 7) is 6.99. The maximum Gasteiger partial charge on any atom is 0.240 e. The number of nitrogen functional groups attached to an aromatic ring is 1. The number of ether oxygens (including phenoxy) is 1. The van der Waals surface area contributed by atoms with Crippen LogP contribution in [0.25, 0.3) is 11.0 Å². The Bertz CT molecular complexity index is 1410. The molecule has 0 radical (unpaired) electrons. The number of pyridine rings is 1. The van der Waals surface area contributed by atoms with Gasteiger partial charge in [-0.3, -0.25) is 14.6 Å². The van der Waals surface area contributed by atoms with Crippen LogP contribution in [0.4, 0.5) is 11.8 Å². The normalized spacial score (nSPS) is 15.5. The van der Waals surface area contributed by atoms with Crippen molar-refractivity contribution in [2.75, 3.05) is 37.9 Å². The van der Waals surface area contributed by atoms with Gasteiger partial charge in [0.25, 0.3) is 0 Å². The number of methoxy groups -OCH3 is 1. The van der Waals surface area contributed by atoms with E-state index in [9.17, 15) is 5.11 Å². The Hall–Kier alpha value is -3.84. The zero-order valence-corrected chi connectivity index (χ0v) is 23.4. The standard InChI is InChI=1S/C27H38N10O3/c1-4-5-20(8-11-38)32-26-25-21(33-27(28)34-26)14-30-37(25)15-22-23(39-3)12-19(13-29-22)18-6-9-36(10-7-18)16-24-31-17(2)35-40-24/h12-14,18,20,38H,4-11,15-16H2,1-3H3,(H3,28,32,33,34). The molecule has 1 fully saturated rings. The topological polar surface area (TPSA) is 166 Å². The Labute approximate surface area is 233 Å². The number of nitrogens with two attached hydrogens (primary N) is 1. The fourth-order valence-corrected chi connectivity index (χ4v) is 5.39. The molecule has 13 nitrogen and oxygen atoms in total. The SMILES string of the molecule is CCCC(CCO)Nc1nc(N)nc2cnn(Cc3ncc(C4CCN(Cc5nc(C)no5)CC4)cc3OC)c12. The van der Waals surface area contributed by atoms with E-state index in [2.05, 4.69) is 48.4 Å². The van der Waals surface area contributed by atoms with Crippen molar-refractivity contribution in [3.63, 3.8) is 0 Å². The van der Waals surface area contributed by atoms with Crippen LogP contribution in [0.5, 0.6) is 5.75 Å². The number of nitrogens with zero attached hydrogens (tertiary/aromatic N) is 8. The van der Waals surface area contributed by atoms with Crippen molar-refractivity contribution in [1.82, 2.24) is 39.8 Å². The third-order valence-electron chi connectivity index (χ3n) is 7.42. The maximum absolute atomic E-state index is 9.52. The van der Waals surface area contributed by atoms with Crippen LogP contribution < -0.4 is 15.8 Å². The molecular weight excluding hydrogens is 512 g/mol. The number of aliphatic hydroxyl groups excluding tert-OH is 1. The number of aryl methyl sites for hydroxylation is 1. The van der Waals surface area contributed by atoms with Crippen molar-refractivity contribution < 1.29 is 14.4 Å². The number of hydrogen-bond acceptors (Lipinski definition) is 12. The van der Waals surface area contributed by atoms with Crippen LogP contribution in [0.3, 0.4) is 0 Å². The lowest BCUT2D eigenvalue weighted by Gasteiger charge is -2.31. The molecule has 214 valence electrons. The Morgan fingerprint density at radius 3 is 2.70 bits per heavy atom. The summed E-state index contributed by atoms with van der Waals surface area (Å²) in [6.07, 6.45) is 8.15. The van der Waals surface area contributed by atoms with Crippen LogP contribution in [0.1, 0.15) is 67.9 Å². The molecule has 0 aliphatic carbocycles. The van der Waals surface area contributed by atoms with Gasteiger partial charge in [0.2, 0.25) is 11.8 Å². The number of nitrogens with one attached hydrogen (secondary N) is 1. The van der Waals surface area contributed by atoms with Crippen molar-refractivity contribution in [2.24, 2.45) is 0 Å². The molecule has 0 spiro atoms. The van der Waals surface area contributed by atoms with E-state index in [1.54, 1.807) is 13.3 Å². The van der Waals surface area contributed by atoms with Crippen molar-refractivity contribution in [3.8, 4) is 5.75 Å². The molecule has 0 bridgehead atoms. The van der Waals surface area contributed by atoms with Crippen LogP contribution in [-0.4, -0.2) is 77.7 Å². The first-order chi connectivity index (χ1) is 19.5. The first-order valence-electron chi connectivity index (χ1n) is 13.9. The van der Waals surface area contributed by atoms with Gasteiger partial charge in [0.15, 0.2) is 11.6 Å². The average Bonchev–Trinajstić information content (AvgIpc) is 3.55. The van der Waals surface area contributed by atoms with Crippen LogP contribution >= 0.6 is 0 Å². The quantitative estimate of drug-likeness (QED) is 0.236. The highest BCUT2D eigenvalue weighted by molar-refractivity contribution is 5.86. The smallest absolute Gasteiger partial charge is 0.240 e. The minimum atomic E-state index is 0.0605. The van der Waals surface area contributed by atoms with Gasteiger partial charge < -0.3 is 25.4 Å². The molecule has 4 aromatic heterocycles. The summed E-state index contributed by atoms with van der Waals surface area (Å²) in [7, 11) is 1.67. The molecule has 1 unspecified atom stereocenters. The first kappa shape index (κ1) is 27.7. The number of rotatable bonds is 12. The summed E-state index contributed by atoms with van der Waals surface area (Å²) in [5.41, 5.74) is 9.32. The van der Waals surface area contributed by atoms with Gasteiger partial charge in [0, 0.05) is 18.8 Å². The van der Waals surface area contributed by atoms with Crippen molar-refractivity contribution in [1.29, 1.82) is 0 Å². The van der Waals surface area contributed by atoms with E-state index in [-0.39, 0.29) is 18.6 Å². The molecule has 0 amide bonds. The van der Waals surface area contributed by atoms with Gasteiger partial charge in [0.1, 0.15) is 22.5 Å². The van der Waals surface area contributed by atoms with Crippen LogP contribution in [0.15, 0.2) is 23.0 Å². The van der Waals surface area contributed by atoms with E-state index >= 15 is 0 Å². The number of piperidine rings is 1. The predicted molar refractivity (Wildman–Crippen MR) is 150 cm³/mol. The van der Waals surface area contributed by atoms with E-state index in [0.29, 0.717) is 48.5 Å². The van der Waals surface area contributed by atoms with E-state index in [0.717, 1.165) is 55.7 Å². The first-order valence-corrected chi connectivity index (χ1v) is 13.9. The third kappa shape index (κ3) is 6.31. The van der Waals surface area contributed by atoms with Crippen LogP contribution in [0, 0.1) is 6.92 Å². The summed E-state index contributed by atoms with van der Waals surface area (Å²) in [5.74, 6) is 3.22. The fourth-order valence-electron chi connectivity index (χ4n) is 5.39. The molecule has 0 saturated carbocycles. The second kappa shape index (κ2) is 12.6. The molecule has 13 heteroatoms. The highest BCUT2D eigenvalue weighted by Crippen LogP contribution is 2.32. The van der Waals surface area contributed by atoms with E-state index in [1.807, 2.05) is 17.8 Å². The molecule has 4 aromatic rings. The lowest BCUT2D eigenvalue weighted by Crippen LogP contribution is -2.32. The zero-order chi connectivity index (χ0) is 28.1. The van der Waals surface area contributed by atoms with Gasteiger partial charge in [-0.15, -0.1) is 0 Å². The zero-order valence-electron chi connectivity index (χ0n) is 23.4. The molecule has 1 saturated heterocycles. The molecule has 0 aromatic carbocycles. The minimum absolute atomic E-state index is 0.0605. The number of aliphatic hydroxyl groups is 1. The lowest BCUT2D eigenvalue weighted by atomic mass is 9.90. The molecule has 4 N–H and O–H groups in total. The summed E-state index contributed by atoms with van der Waals surface area (Å²) in [6, 6.07) is 2.16. The van der Waals surface area contributed by atoms with Gasteiger partial charge in [-0.05, 0) is 63.2 Å². The number of fused-ring (bicyclic) bond motifs is 1. The minimum Gasteiger partial charge on any atom is -0.495 e. The number of hydrogen-bond donors (Lipinski definition) is 3. The molecule has 1 aliphatic heterocycles. The third-order valence-corrected chi connectivity index (χ3v) is 7.42. The maximum atomic E-state index is 9.52. The fraction of sp³-hybridized carbons (Fsp3) is 0.556. The Kier molecular flexibility index (Phi) is 8.70. The average molecular weight is 551 g/mol. The number of likely N-dealkylation sites (tertiary alicyclic amines) is 1. The molecular formula is C27H38N10O3. The second-order valence-electron chi connectivity index (χ2n) is 10.3. The highest BCUT2D eigenvalue weighted by atomic mass is 16.5. The largest absolute Gasteiger partial charge is 0.495 e. The van der Waals surface area contributed by atoms with Gasteiger partial charge in [-0.1, -0.05) is 18.5 Å². The predicted octanol–water partition coefficient (Wildman–Crippen LogP) is 2.89. The summed E-state index contributed by atoms with van der Waals surface area (Å²) in [5, 5.41) is 21.4. The van der Waals surface area contributed by atoms with Gasteiger partial charge in [0.05, 0.1) is 26.4 Å². The van der Waals surface area contributed by atoms with Gasteiger partial charge in [-0.25, -0.2) is 4.98 Å². The highest BCUT2D eigenvalue weighted by Gasteiger charge is 2.24. The Balaban J connectivity index is 1.32. The molecule has 1 atom stereocenters. The van der Waals surface area contributed by atoms with E-state index in [4.69, 9.17) is 20.0 Å².